The highest BCUT2D eigenvalue weighted by Crippen LogP contribution is 2.22. The maximum absolute atomic E-state index is 12.3. The van der Waals surface area contributed by atoms with Crippen LogP contribution >= 0.6 is 11.8 Å². The van der Waals surface area contributed by atoms with E-state index in [4.69, 9.17) is 4.74 Å². The molecule has 0 aromatic heterocycles. The van der Waals surface area contributed by atoms with Gasteiger partial charge in [0.15, 0.2) is 5.78 Å². The molecule has 30 heavy (non-hydrogen) atoms. The van der Waals surface area contributed by atoms with Gasteiger partial charge in [-0.1, -0.05) is 24.3 Å². The molecule has 156 valence electrons. The average molecular weight is 426 g/mol. The molecule has 2 amide bonds. The molecule has 0 saturated carbocycles. The average Bonchev–Trinajstić information content (AvgIpc) is 3.02. The number of carbonyl (C=O) groups is 4. The van der Waals surface area contributed by atoms with Crippen molar-refractivity contribution in [3.63, 3.8) is 0 Å². The van der Waals surface area contributed by atoms with Crippen molar-refractivity contribution in [2.24, 2.45) is 0 Å². The maximum Gasteiger partial charge on any atom is 0.306 e. The van der Waals surface area contributed by atoms with Crippen molar-refractivity contribution >= 4 is 35.3 Å². The molecule has 3 rings (SSSR count). The van der Waals surface area contributed by atoms with Gasteiger partial charge in [-0.15, -0.1) is 11.8 Å². The monoisotopic (exact) mass is 425 g/mol. The standard InChI is InChI=1S/C23H23NO5S/c1-30-17-10-8-16(9-11-17)20(25)12-13-21(26)29-15-5-4-14-24-22(27)18-6-2-3-7-19(18)23(24)28/h2-3,6-11H,4-5,12-15H2,1H3. The van der Waals surface area contributed by atoms with Crippen molar-refractivity contribution in [1.82, 2.24) is 4.90 Å². The van der Waals surface area contributed by atoms with E-state index in [1.54, 1.807) is 48.2 Å². The lowest BCUT2D eigenvalue weighted by molar-refractivity contribution is -0.143. The van der Waals surface area contributed by atoms with Crippen LogP contribution in [0.1, 0.15) is 56.8 Å². The third kappa shape index (κ3) is 5.16. The number of esters is 1. The smallest absolute Gasteiger partial charge is 0.306 e. The molecule has 0 aliphatic carbocycles. The van der Waals surface area contributed by atoms with Gasteiger partial charge in [0, 0.05) is 23.4 Å². The van der Waals surface area contributed by atoms with E-state index in [2.05, 4.69) is 0 Å². The Bertz CT molecular complexity index is 919. The largest absolute Gasteiger partial charge is 0.466 e. The number of ketones is 1. The molecule has 0 unspecified atom stereocenters. The second-order valence-corrected chi connectivity index (χ2v) is 7.77. The van der Waals surface area contributed by atoms with Crippen LogP contribution in [0, 0.1) is 0 Å². The number of nitrogens with zero attached hydrogens (tertiary/aromatic N) is 1. The van der Waals surface area contributed by atoms with Gasteiger partial charge in [0.25, 0.3) is 11.8 Å². The Labute approximate surface area is 179 Å². The van der Waals surface area contributed by atoms with E-state index >= 15 is 0 Å². The fourth-order valence-corrected chi connectivity index (χ4v) is 3.62. The van der Waals surface area contributed by atoms with E-state index in [9.17, 15) is 19.2 Å². The molecule has 0 radical (unpaired) electrons. The Morgan fingerprint density at radius 2 is 1.53 bits per heavy atom. The van der Waals surface area contributed by atoms with Crippen LogP contribution in [0.2, 0.25) is 0 Å². The van der Waals surface area contributed by atoms with Crippen LogP contribution in [0.5, 0.6) is 0 Å². The third-order valence-corrected chi connectivity index (χ3v) is 5.63. The fourth-order valence-electron chi connectivity index (χ4n) is 3.21. The number of rotatable bonds is 10. The van der Waals surface area contributed by atoms with Crippen LogP contribution < -0.4 is 0 Å². The minimum Gasteiger partial charge on any atom is -0.466 e. The number of carbonyl (C=O) groups excluding carboxylic acids is 4. The minimum atomic E-state index is -0.426. The normalized spacial score (nSPS) is 12.8. The van der Waals surface area contributed by atoms with Gasteiger partial charge in [0.1, 0.15) is 0 Å². The number of benzene rings is 2. The summed E-state index contributed by atoms with van der Waals surface area (Å²) in [5.41, 5.74) is 1.45. The van der Waals surface area contributed by atoms with Crippen LogP contribution in [-0.4, -0.2) is 47.9 Å². The molecule has 2 aromatic carbocycles. The topological polar surface area (TPSA) is 80.8 Å². The van der Waals surface area contributed by atoms with E-state index in [-0.39, 0.29) is 43.6 Å². The van der Waals surface area contributed by atoms with Gasteiger partial charge in [0.2, 0.25) is 0 Å². The Morgan fingerprint density at radius 1 is 0.900 bits per heavy atom. The highest BCUT2D eigenvalue weighted by molar-refractivity contribution is 7.98. The van der Waals surface area contributed by atoms with Gasteiger partial charge >= 0.3 is 5.97 Å². The summed E-state index contributed by atoms with van der Waals surface area (Å²) in [6, 6.07) is 14.0. The Balaban J connectivity index is 1.33. The molecule has 0 atom stereocenters. The Morgan fingerprint density at radius 3 is 2.13 bits per heavy atom. The summed E-state index contributed by atoms with van der Waals surface area (Å²) in [4.78, 5) is 50.8. The molecule has 1 heterocycles. The number of thioether (sulfide) groups is 1. The number of Topliss-reactive ketones (excluding diaryl/α,β-unsaturated/α-hetero) is 1. The lowest BCUT2D eigenvalue weighted by Gasteiger charge is -2.13. The zero-order valence-corrected chi connectivity index (χ0v) is 17.6. The van der Waals surface area contributed by atoms with Gasteiger partial charge in [-0.25, -0.2) is 0 Å². The van der Waals surface area contributed by atoms with Gasteiger partial charge in [-0.2, -0.15) is 0 Å². The summed E-state index contributed by atoms with van der Waals surface area (Å²) < 4.78 is 5.16. The molecule has 1 aliphatic rings. The molecular formula is C23H23NO5S. The van der Waals surface area contributed by atoms with Gasteiger partial charge in [0.05, 0.1) is 24.2 Å². The second-order valence-electron chi connectivity index (χ2n) is 6.89. The van der Waals surface area contributed by atoms with E-state index in [1.807, 2.05) is 18.4 Å². The van der Waals surface area contributed by atoms with Crippen LogP contribution in [0.3, 0.4) is 0 Å². The first kappa shape index (κ1) is 21.8. The van der Waals surface area contributed by atoms with Crippen molar-refractivity contribution in [3.8, 4) is 0 Å². The zero-order valence-electron chi connectivity index (χ0n) is 16.8. The van der Waals surface area contributed by atoms with Crippen molar-refractivity contribution in [1.29, 1.82) is 0 Å². The lowest BCUT2D eigenvalue weighted by Crippen LogP contribution is -2.30. The number of hydrogen-bond acceptors (Lipinski definition) is 6. The first-order valence-electron chi connectivity index (χ1n) is 9.79. The van der Waals surface area contributed by atoms with E-state index < -0.39 is 5.97 Å². The van der Waals surface area contributed by atoms with Crippen molar-refractivity contribution < 1.29 is 23.9 Å². The summed E-state index contributed by atoms with van der Waals surface area (Å²) in [5.74, 6) is -1.08. The molecule has 0 N–H and O–H groups in total. The number of fused-ring (bicyclic) bond motifs is 1. The van der Waals surface area contributed by atoms with E-state index in [0.29, 0.717) is 29.5 Å². The molecule has 0 spiro atoms. The summed E-state index contributed by atoms with van der Waals surface area (Å²) >= 11 is 1.60. The molecule has 0 saturated heterocycles. The molecule has 1 aliphatic heterocycles. The van der Waals surface area contributed by atoms with Crippen LogP contribution in [0.15, 0.2) is 53.4 Å². The Kier molecular flexibility index (Phi) is 7.41. The number of imide groups is 1. The highest BCUT2D eigenvalue weighted by Gasteiger charge is 2.34. The predicted octanol–water partition coefficient (Wildman–Crippen LogP) is 3.99. The van der Waals surface area contributed by atoms with Crippen molar-refractivity contribution in [3.05, 3.63) is 65.2 Å². The number of hydrogen-bond donors (Lipinski definition) is 0. The van der Waals surface area contributed by atoms with E-state index in [0.717, 1.165) is 4.90 Å². The number of ether oxygens (including phenoxy) is 1. The predicted molar refractivity (Wildman–Crippen MR) is 114 cm³/mol. The molecule has 2 aromatic rings. The molecule has 7 heteroatoms. The van der Waals surface area contributed by atoms with Gasteiger partial charge in [-0.3, -0.25) is 24.1 Å². The SMILES string of the molecule is CSc1ccc(C(=O)CCC(=O)OCCCCN2C(=O)c3ccccc3C2=O)cc1. The molecular weight excluding hydrogens is 402 g/mol. The fraction of sp³-hybridized carbons (Fsp3) is 0.304. The number of unbranched alkanes of at least 4 members (excludes halogenated alkanes) is 1. The molecule has 0 bridgehead atoms. The molecule has 0 fully saturated rings. The van der Waals surface area contributed by atoms with Crippen LogP contribution in [-0.2, 0) is 9.53 Å². The Hall–Kier alpha value is -2.93. The van der Waals surface area contributed by atoms with Crippen molar-refractivity contribution in [2.75, 3.05) is 19.4 Å². The first-order chi connectivity index (χ1) is 14.5. The lowest BCUT2D eigenvalue weighted by atomic mass is 10.1. The van der Waals surface area contributed by atoms with E-state index in [1.165, 1.54) is 4.90 Å². The maximum atomic E-state index is 12.3. The molecule has 6 nitrogen and oxygen atoms in total. The van der Waals surface area contributed by atoms with Gasteiger partial charge < -0.3 is 4.74 Å². The highest BCUT2D eigenvalue weighted by atomic mass is 32.2. The van der Waals surface area contributed by atoms with Gasteiger partial charge in [-0.05, 0) is 43.4 Å². The second kappa shape index (κ2) is 10.2. The summed E-state index contributed by atoms with van der Waals surface area (Å²) in [6.45, 7) is 0.479. The number of amides is 2. The summed E-state index contributed by atoms with van der Waals surface area (Å²) in [7, 11) is 0. The van der Waals surface area contributed by atoms with Crippen molar-refractivity contribution in [2.45, 2.75) is 30.6 Å². The minimum absolute atomic E-state index is 0.0293. The third-order valence-electron chi connectivity index (χ3n) is 4.89. The zero-order chi connectivity index (χ0) is 21.5. The van der Waals surface area contributed by atoms with Crippen LogP contribution in [0.25, 0.3) is 0 Å². The summed E-state index contributed by atoms with van der Waals surface area (Å²) in [5, 5.41) is 0. The quantitative estimate of drug-likeness (QED) is 0.188. The van der Waals surface area contributed by atoms with Crippen LogP contribution in [0.4, 0.5) is 0 Å². The summed E-state index contributed by atoms with van der Waals surface area (Å²) in [6.07, 6.45) is 3.17. The first-order valence-corrected chi connectivity index (χ1v) is 11.0.